The summed E-state index contributed by atoms with van der Waals surface area (Å²) in [6, 6.07) is 60.0. The van der Waals surface area contributed by atoms with Crippen molar-refractivity contribution in [2.45, 2.75) is 0 Å². The maximum atomic E-state index is 6.30. The van der Waals surface area contributed by atoms with Crippen molar-refractivity contribution in [2.24, 2.45) is 0 Å². The van der Waals surface area contributed by atoms with Crippen LogP contribution in [0.5, 0.6) is 0 Å². The average molecular weight is 668 g/mol. The Hall–Kier alpha value is -7.18. The first-order valence-corrected chi connectivity index (χ1v) is 17.2. The van der Waals surface area contributed by atoms with E-state index in [-0.39, 0.29) is 0 Å². The summed E-state index contributed by atoms with van der Waals surface area (Å²) < 4.78 is 8.62. The molecule has 52 heavy (non-hydrogen) atoms. The Bertz CT molecular complexity index is 2800. The molecule has 0 fully saturated rings. The second-order valence-corrected chi connectivity index (χ2v) is 12.7. The van der Waals surface area contributed by atoms with Crippen LogP contribution in [0.4, 0.5) is 0 Å². The van der Waals surface area contributed by atoms with Crippen LogP contribution >= 0.6 is 0 Å². The zero-order valence-electron chi connectivity index (χ0n) is 27.9. The molecule has 0 unspecified atom stereocenters. The summed E-state index contributed by atoms with van der Waals surface area (Å²) >= 11 is 0. The SMILES string of the molecule is c1ccc(-c2nc(-c3ccccc3)nc(-c3cccc(-c4ccc(-n5c6ccccc6c6cccc(-c7nc8ccccc8o7)c65)cc4)c3)n2)cc1. The van der Waals surface area contributed by atoms with Crippen LogP contribution in [0, 0.1) is 0 Å². The van der Waals surface area contributed by atoms with E-state index in [1.165, 1.54) is 5.39 Å². The van der Waals surface area contributed by atoms with E-state index in [9.17, 15) is 0 Å². The summed E-state index contributed by atoms with van der Waals surface area (Å²) in [7, 11) is 0. The van der Waals surface area contributed by atoms with Gasteiger partial charge in [-0.1, -0.05) is 133 Å². The monoisotopic (exact) mass is 667 g/mol. The Balaban J connectivity index is 1.07. The fraction of sp³-hybridized carbons (Fsp3) is 0. The van der Waals surface area contributed by atoms with Crippen LogP contribution in [-0.4, -0.2) is 24.5 Å². The lowest BCUT2D eigenvalue weighted by molar-refractivity contribution is 0.620. The van der Waals surface area contributed by atoms with Gasteiger partial charge in [0.2, 0.25) is 5.89 Å². The molecule has 0 N–H and O–H groups in total. The average Bonchev–Trinajstić information content (AvgIpc) is 3.81. The Morgan fingerprint density at radius 3 is 1.71 bits per heavy atom. The molecule has 6 nitrogen and oxygen atoms in total. The maximum Gasteiger partial charge on any atom is 0.229 e. The zero-order chi connectivity index (χ0) is 34.4. The molecule has 244 valence electrons. The van der Waals surface area contributed by atoms with Gasteiger partial charge in [0.1, 0.15) is 5.52 Å². The van der Waals surface area contributed by atoms with Crippen LogP contribution in [0.1, 0.15) is 0 Å². The van der Waals surface area contributed by atoms with Crippen molar-refractivity contribution in [1.29, 1.82) is 0 Å². The third kappa shape index (κ3) is 5.13. The van der Waals surface area contributed by atoms with Gasteiger partial charge in [-0.3, -0.25) is 0 Å². The highest BCUT2D eigenvalue weighted by Gasteiger charge is 2.19. The lowest BCUT2D eigenvalue weighted by atomic mass is 10.0. The molecular weight excluding hydrogens is 639 g/mol. The Morgan fingerprint density at radius 2 is 0.981 bits per heavy atom. The van der Waals surface area contributed by atoms with E-state index in [1.54, 1.807) is 0 Å². The summed E-state index contributed by atoms with van der Waals surface area (Å²) in [5, 5.41) is 2.32. The molecule has 0 amide bonds. The van der Waals surface area contributed by atoms with Crippen molar-refractivity contribution >= 4 is 32.9 Å². The number of hydrogen-bond acceptors (Lipinski definition) is 5. The molecule has 0 atom stereocenters. The van der Waals surface area contributed by atoms with Gasteiger partial charge >= 0.3 is 0 Å². The predicted molar refractivity (Wildman–Crippen MR) is 209 cm³/mol. The minimum Gasteiger partial charge on any atom is -0.436 e. The molecule has 0 aliphatic carbocycles. The molecule has 0 saturated heterocycles. The van der Waals surface area contributed by atoms with Gasteiger partial charge in [-0.15, -0.1) is 0 Å². The first kappa shape index (κ1) is 29.7. The number of para-hydroxylation sites is 4. The van der Waals surface area contributed by atoms with Crippen LogP contribution in [0.3, 0.4) is 0 Å². The molecule has 6 heteroatoms. The van der Waals surface area contributed by atoms with Gasteiger partial charge in [-0.05, 0) is 53.6 Å². The van der Waals surface area contributed by atoms with Gasteiger partial charge in [0, 0.05) is 33.2 Å². The molecule has 0 bridgehead atoms. The fourth-order valence-electron chi connectivity index (χ4n) is 7.03. The third-order valence-electron chi connectivity index (χ3n) is 9.50. The third-order valence-corrected chi connectivity index (χ3v) is 9.50. The van der Waals surface area contributed by atoms with E-state index in [2.05, 4.69) is 95.6 Å². The van der Waals surface area contributed by atoms with Gasteiger partial charge in [0.15, 0.2) is 23.1 Å². The van der Waals surface area contributed by atoms with E-state index in [0.717, 1.165) is 66.6 Å². The number of oxazole rings is 1. The molecule has 0 aliphatic heterocycles. The van der Waals surface area contributed by atoms with Crippen molar-refractivity contribution < 1.29 is 4.42 Å². The number of fused-ring (bicyclic) bond motifs is 4. The Labute approximate surface area is 299 Å². The quantitative estimate of drug-likeness (QED) is 0.176. The minimum atomic E-state index is 0.605. The second kappa shape index (κ2) is 12.3. The molecule has 0 saturated carbocycles. The predicted octanol–water partition coefficient (Wildman–Crippen LogP) is 11.4. The highest BCUT2D eigenvalue weighted by molar-refractivity contribution is 6.13. The van der Waals surface area contributed by atoms with Crippen LogP contribution in [0.2, 0.25) is 0 Å². The number of aromatic nitrogens is 5. The van der Waals surface area contributed by atoms with Crippen LogP contribution in [-0.2, 0) is 0 Å². The summed E-state index contributed by atoms with van der Waals surface area (Å²) in [5.41, 5.74) is 10.8. The van der Waals surface area contributed by atoms with E-state index >= 15 is 0 Å². The van der Waals surface area contributed by atoms with Gasteiger partial charge in [0.25, 0.3) is 0 Å². The summed E-state index contributed by atoms with van der Waals surface area (Å²) in [6.07, 6.45) is 0. The largest absolute Gasteiger partial charge is 0.436 e. The second-order valence-electron chi connectivity index (χ2n) is 12.7. The van der Waals surface area contributed by atoms with Gasteiger partial charge in [-0.2, -0.15) is 0 Å². The summed E-state index contributed by atoms with van der Waals surface area (Å²) in [5.74, 6) is 2.52. The Morgan fingerprint density at radius 1 is 0.404 bits per heavy atom. The molecule has 7 aromatic carbocycles. The number of rotatable bonds is 6. The number of hydrogen-bond donors (Lipinski definition) is 0. The molecule has 0 radical (unpaired) electrons. The van der Waals surface area contributed by atoms with E-state index in [4.69, 9.17) is 24.4 Å². The van der Waals surface area contributed by atoms with Crippen molar-refractivity contribution in [3.63, 3.8) is 0 Å². The Kier molecular flexibility index (Phi) is 7.03. The zero-order valence-corrected chi connectivity index (χ0v) is 27.9. The van der Waals surface area contributed by atoms with Crippen molar-refractivity contribution in [1.82, 2.24) is 24.5 Å². The van der Waals surface area contributed by atoms with Crippen molar-refractivity contribution in [3.05, 3.63) is 176 Å². The minimum absolute atomic E-state index is 0.605. The first-order valence-electron chi connectivity index (χ1n) is 17.2. The lowest BCUT2D eigenvalue weighted by Crippen LogP contribution is -2.00. The first-order chi connectivity index (χ1) is 25.8. The molecule has 10 aromatic rings. The van der Waals surface area contributed by atoms with E-state index < -0.39 is 0 Å². The molecule has 0 aliphatic rings. The molecular formula is C46H29N5O. The fourth-order valence-corrected chi connectivity index (χ4v) is 7.03. The number of benzene rings is 7. The molecule has 3 heterocycles. The number of nitrogens with zero attached hydrogens (tertiary/aromatic N) is 5. The molecule has 0 spiro atoms. The highest BCUT2D eigenvalue weighted by atomic mass is 16.3. The molecule has 3 aromatic heterocycles. The van der Waals surface area contributed by atoms with Gasteiger partial charge in [-0.25, -0.2) is 19.9 Å². The lowest BCUT2D eigenvalue weighted by Gasteiger charge is -2.12. The van der Waals surface area contributed by atoms with Gasteiger partial charge in [0.05, 0.1) is 16.6 Å². The van der Waals surface area contributed by atoms with Crippen molar-refractivity contribution in [2.75, 3.05) is 0 Å². The smallest absolute Gasteiger partial charge is 0.229 e. The normalized spacial score (nSPS) is 11.5. The summed E-state index contributed by atoms with van der Waals surface area (Å²) in [6.45, 7) is 0. The topological polar surface area (TPSA) is 69.6 Å². The van der Waals surface area contributed by atoms with E-state index in [1.807, 2.05) is 84.9 Å². The van der Waals surface area contributed by atoms with E-state index in [0.29, 0.717) is 23.4 Å². The van der Waals surface area contributed by atoms with Crippen molar-refractivity contribution in [3.8, 4) is 62.4 Å². The van der Waals surface area contributed by atoms with Crippen LogP contribution in [0.25, 0.3) is 95.3 Å². The standard InChI is InChI=1S/C46H29N5O/c1-3-13-31(14-4-1)43-48-44(32-15-5-2-6-16-32)50-45(49-43)34-18-11-17-33(29-34)30-25-27-35(28-26-30)51-40-23-9-7-19-36(40)37-20-12-21-38(42(37)51)46-47-39-22-8-10-24-41(39)52-46/h1-29H. The van der Waals surface area contributed by atoms with Gasteiger partial charge < -0.3 is 8.98 Å². The van der Waals surface area contributed by atoms with Crippen LogP contribution < -0.4 is 0 Å². The highest BCUT2D eigenvalue weighted by Crippen LogP contribution is 2.39. The molecule has 10 rings (SSSR count). The maximum absolute atomic E-state index is 6.30. The summed E-state index contributed by atoms with van der Waals surface area (Å²) in [4.78, 5) is 19.6. The van der Waals surface area contributed by atoms with Crippen LogP contribution in [0.15, 0.2) is 180 Å².